The highest BCUT2D eigenvalue weighted by atomic mass is 16.5. The molecular weight excluding hydrogens is 406 g/mol. The number of hydrogen-bond donors (Lipinski definition) is 2. The van der Waals surface area contributed by atoms with E-state index < -0.39 is 0 Å². The Bertz CT molecular complexity index is 896. The van der Waals surface area contributed by atoms with Gasteiger partial charge in [0.2, 0.25) is 5.91 Å². The summed E-state index contributed by atoms with van der Waals surface area (Å²) in [6.07, 6.45) is 0.428. The molecule has 0 bridgehead atoms. The van der Waals surface area contributed by atoms with Crippen molar-refractivity contribution in [1.82, 2.24) is 15.5 Å². The van der Waals surface area contributed by atoms with Crippen LogP contribution in [-0.2, 0) is 11.3 Å². The first kappa shape index (κ1) is 23.2. The molecule has 0 aromatic heterocycles. The smallest absolute Gasteiger partial charge is 0.224 e. The predicted molar refractivity (Wildman–Crippen MR) is 128 cm³/mol. The van der Waals surface area contributed by atoms with E-state index in [0.29, 0.717) is 25.5 Å². The van der Waals surface area contributed by atoms with Crippen LogP contribution < -0.4 is 25.0 Å². The summed E-state index contributed by atoms with van der Waals surface area (Å²) in [5.41, 5.74) is 2.20. The lowest BCUT2D eigenvalue weighted by Gasteiger charge is -2.36. The molecule has 1 fully saturated rings. The molecule has 0 radical (unpaired) electrons. The van der Waals surface area contributed by atoms with Gasteiger partial charge in [0, 0.05) is 70.1 Å². The van der Waals surface area contributed by atoms with Crippen LogP contribution in [0.25, 0.3) is 0 Å². The first-order valence-corrected chi connectivity index (χ1v) is 10.9. The Hall–Kier alpha value is -3.42. The lowest BCUT2D eigenvalue weighted by Crippen LogP contribution is -2.49. The summed E-state index contributed by atoms with van der Waals surface area (Å²) in [6.45, 7) is 4.28. The first-order valence-electron chi connectivity index (χ1n) is 10.9. The molecule has 1 aliphatic heterocycles. The van der Waals surface area contributed by atoms with Crippen LogP contribution in [0.15, 0.2) is 53.5 Å². The van der Waals surface area contributed by atoms with Crippen LogP contribution in [0.2, 0.25) is 0 Å². The highest BCUT2D eigenvalue weighted by molar-refractivity contribution is 5.81. The van der Waals surface area contributed by atoms with Crippen LogP contribution in [0, 0.1) is 0 Å². The molecule has 172 valence electrons. The van der Waals surface area contributed by atoms with Gasteiger partial charge in [-0.1, -0.05) is 18.2 Å². The minimum absolute atomic E-state index is 0.164. The second kappa shape index (κ2) is 11.8. The molecule has 0 unspecified atom stereocenters. The van der Waals surface area contributed by atoms with E-state index in [4.69, 9.17) is 9.47 Å². The number of ether oxygens (including phenoxy) is 2. The van der Waals surface area contributed by atoms with Crippen molar-refractivity contribution in [3.8, 4) is 11.5 Å². The lowest BCUT2D eigenvalue weighted by atomic mass is 10.2. The largest absolute Gasteiger partial charge is 0.497 e. The number of guanidine groups is 1. The number of nitrogens with one attached hydrogen (secondary N) is 2. The van der Waals surface area contributed by atoms with E-state index in [-0.39, 0.29) is 5.91 Å². The third-order valence-corrected chi connectivity index (χ3v) is 5.55. The third kappa shape index (κ3) is 6.29. The maximum atomic E-state index is 12.6. The van der Waals surface area contributed by atoms with Crippen LogP contribution in [0.5, 0.6) is 11.5 Å². The number of carbonyl (C=O) groups excluding carboxylic acids is 1. The fraction of sp³-hybridized carbons (Fsp3) is 0.417. The molecule has 0 atom stereocenters. The van der Waals surface area contributed by atoms with Gasteiger partial charge in [-0.15, -0.1) is 0 Å². The standard InChI is InChI=1S/C24H33N5O3/c1-25-24(27-18-19-9-10-21(31-2)17-22(19)32-3)26-12-11-23(30)29-15-13-28(14-16-29)20-7-5-4-6-8-20/h4-10,17H,11-16,18H2,1-3H3,(H2,25,26,27). The molecular formula is C24H33N5O3. The topological polar surface area (TPSA) is 78.4 Å². The van der Waals surface area contributed by atoms with Gasteiger partial charge < -0.3 is 29.9 Å². The van der Waals surface area contributed by atoms with E-state index in [1.54, 1.807) is 21.3 Å². The van der Waals surface area contributed by atoms with Gasteiger partial charge in [-0.2, -0.15) is 0 Å². The zero-order valence-electron chi connectivity index (χ0n) is 19.1. The molecule has 2 N–H and O–H groups in total. The normalized spacial score (nSPS) is 14.2. The van der Waals surface area contributed by atoms with E-state index >= 15 is 0 Å². The molecule has 3 rings (SSSR count). The van der Waals surface area contributed by atoms with Gasteiger partial charge in [-0.3, -0.25) is 9.79 Å². The molecule has 2 aromatic rings. The zero-order chi connectivity index (χ0) is 22.8. The van der Waals surface area contributed by atoms with Crippen LogP contribution in [0.3, 0.4) is 0 Å². The molecule has 8 heteroatoms. The highest BCUT2D eigenvalue weighted by Crippen LogP contribution is 2.24. The SMILES string of the molecule is CN=C(NCCC(=O)N1CCN(c2ccccc2)CC1)NCc1ccc(OC)cc1OC. The quantitative estimate of drug-likeness (QED) is 0.485. The summed E-state index contributed by atoms with van der Waals surface area (Å²) in [4.78, 5) is 21.1. The minimum Gasteiger partial charge on any atom is -0.497 e. The monoisotopic (exact) mass is 439 g/mol. The van der Waals surface area contributed by atoms with E-state index in [0.717, 1.165) is 43.2 Å². The minimum atomic E-state index is 0.164. The van der Waals surface area contributed by atoms with Crippen molar-refractivity contribution in [2.24, 2.45) is 4.99 Å². The molecule has 1 amide bonds. The Labute approximate surface area is 190 Å². The predicted octanol–water partition coefficient (Wildman–Crippen LogP) is 2.11. The lowest BCUT2D eigenvalue weighted by molar-refractivity contribution is -0.131. The number of hydrogen-bond acceptors (Lipinski definition) is 5. The number of amides is 1. The van der Waals surface area contributed by atoms with Crippen molar-refractivity contribution < 1.29 is 14.3 Å². The Morgan fingerprint density at radius 1 is 1.00 bits per heavy atom. The van der Waals surface area contributed by atoms with Crippen molar-refractivity contribution in [2.45, 2.75) is 13.0 Å². The summed E-state index contributed by atoms with van der Waals surface area (Å²) in [5, 5.41) is 6.48. The fourth-order valence-electron chi connectivity index (χ4n) is 3.70. The van der Waals surface area contributed by atoms with E-state index in [2.05, 4.69) is 32.7 Å². The number of para-hydroxylation sites is 1. The van der Waals surface area contributed by atoms with Crippen molar-refractivity contribution in [1.29, 1.82) is 0 Å². The number of aliphatic imine (C=N–C) groups is 1. The van der Waals surface area contributed by atoms with Gasteiger partial charge in [0.05, 0.1) is 14.2 Å². The highest BCUT2D eigenvalue weighted by Gasteiger charge is 2.20. The van der Waals surface area contributed by atoms with E-state index in [9.17, 15) is 4.79 Å². The molecule has 0 aliphatic carbocycles. The average molecular weight is 440 g/mol. The van der Waals surface area contributed by atoms with Gasteiger partial charge in [-0.25, -0.2) is 0 Å². The van der Waals surface area contributed by atoms with Crippen LogP contribution in [0.1, 0.15) is 12.0 Å². The Kier molecular flexibility index (Phi) is 8.60. The van der Waals surface area contributed by atoms with Crippen molar-refractivity contribution in [2.75, 3.05) is 58.9 Å². The summed E-state index contributed by atoms with van der Waals surface area (Å²) >= 11 is 0. The number of anilines is 1. The van der Waals surface area contributed by atoms with Gasteiger partial charge in [0.15, 0.2) is 5.96 Å². The molecule has 2 aromatic carbocycles. The number of rotatable bonds is 8. The second-order valence-corrected chi connectivity index (χ2v) is 7.48. The number of piperazine rings is 1. The molecule has 0 saturated carbocycles. The zero-order valence-corrected chi connectivity index (χ0v) is 19.1. The molecule has 1 saturated heterocycles. The molecule has 0 spiro atoms. The van der Waals surface area contributed by atoms with Crippen molar-refractivity contribution in [3.05, 3.63) is 54.1 Å². The summed E-state index contributed by atoms with van der Waals surface area (Å²) < 4.78 is 10.7. The van der Waals surface area contributed by atoms with Gasteiger partial charge in [0.1, 0.15) is 11.5 Å². The van der Waals surface area contributed by atoms with E-state index in [1.807, 2.05) is 41.3 Å². The second-order valence-electron chi connectivity index (χ2n) is 7.48. The van der Waals surface area contributed by atoms with Gasteiger partial charge in [-0.05, 0) is 24.3 Å². The maximum absolute atomic E-state index is 12.6. The maximum Gasteiger partial charge on any atom is 0.224 e. The number of methoxy groups -OCH3 is 2. The summed E-state index contributed by atoms with van der Waals surface area (Å²) in [7, 11) is 4.98. The fourth-order valence-corrected chi connectivity index (χ4v) is 3.70. The molecule has 8 nitrogen and oxygen atoms in total. The molecule has 32 heavy (non-hydrogen) atoms. The van der Waals surface area contributed by atoms with E-state index in [1.165, 1.54) is 5.69 Å². The Morgan fingerprint density at radius 2 is 1.75 bits per heavy atom. The average Bonchev–Trinajstić information content (AvgIpc) is 2.86. The molecule has 1 heterocycles. The van der Waals surface area contributed by atoms with Crippen LogP contribution >= 0.6 is 0 Å². The Balaban J connectivity index is 1.40. The first-order chi connectivity index (χ1) is 15.6. The van der Waals surface area contributed by atoms with Gasteiger partial charge in [0.25, 0.3) is 0 Å². The number of carbonyl (C=O) groups is 1. The van der Waals surface area contributed by atoms with Crippen molar-refractivity contribution >= 4 is 17.6 Å². The van der Waals surface area contributed by atoms with Crippen molar-refractivity contribution in [3.63, 3.8) is 0 Å². The van der Waals surface area contributed by atoms with Crippen LogP contribution in [0.4, 0.5) is 5.69 Å². The Morgan fingerprint density at radius 3 is 2.41 bits per heavy atom. The summed E-state index contributed by atoms with van der Waals surface area (Å²) in [6, 6.07) is 16.0. The van der Waals surface area contributed by atoms with Crippen LogP contribution in [-0.4, -0.2) is 70.8 Å². The van der Waals surface area contributed by atoms with Gasteiger partial charge >= 0.3 is 0 Å². The third-order valence-electron chi connectivity index (χ3n) is 5.55. The summed E-state index contributed by atoms with van der Waals surface area (Å²) in [5.74, 6) is 2.30. The number of benzene rings is 2. The number of nitrogens with zero attached hydrogens (tertiary/aromatic N) is 3. The molecule has 1 aliphatic rings.